The monoisotopic (exact) mass is 211 g/mol. The quantitative estimate of drug-likeness (QED) is 0.708. The van der Waals surface area contributed by atoms with Crippen molar-refractivity contribution >= 4 is 23.4 Å². The van der Waals surface area contributed by atoms with Gasteiger partial charge in [-0.15, -0.1) is 0 Å². The smallest absolute Gasteiger partial charge is 0.257 e. The van der Waals surface area contributed by atoms with Crippen LogP contribution in [0, 0.1) is 0 Å². The van der Waals surface area contributed by atoms with E-state index in [-0.39, 0.29) is 5.91 Å². The van der Waals surface area contributed by atoms with E-state index in [0.29, 0.717) is 11.4 Å². The topological polar surface area (TPSA) is 57.8 Å². The molecule has 0 radical (unpaired) electrons. The van der Waals surface area contributed by atoms with Gasteiger partial charge in [-0.25, -0.2) is 4.98 Å². The molecule has 2 aromatic rings. The first-order valence-corrected chi connectivity index (χ1v) is 4.96. The summed E-state index contributed by atoms with van der Waals surface area (Å²) in [5.41, 5.74) is 2.40. The van der Waals surface area contributed by atoms with Gasteiger partial charge in [0.2, 0.25) is 0 Å². The number of H-pyrrole nitrogens is 1. The maximum absolute atomic E-state index is 11.7. The van der Waals surface area contributed by atoms with Gasteiger partial charge in [0, 0.05) is 23.7 Å². The van der Waals surface area contributed by atoms with Crippen LogP contribution in [-0.2, 0) is 4.79 Å². The largest absolute Gasteiger partial charge is 0.362 e. The number of aromatic amines is 1. The molecule has 4 nitrogen and oxygen atoms in total. The molecule has 0 fully saturated rings. The van der Waals surface area contributed by atoms with E-state index >= 15 is 0 Å². The molecule has 0 bridgehead atoms. The molecule has 0 aliphatic carbocycles. The van der Waals surface area contributed by atoms with Crippen LogP contribution in [0.25, 0.3) is 11.6 Å². The van der Waals surface area contributed by atoms with Crippen molar-refractivity contribution in [2.24, 2.45) is 0 Å². The Labute approximate surface area is 92.0 Å². The summed E-state index contributed by atoms with van der Waals surface area (Å²) in [6, 6.07) is 7.51. The van der Waals surface area contributed by atoms with Gasteiger partial charge in [0.15, 0.2) is 0 Å². The second kappa shape index (κ2) is 3.34. The summed E-state index contributed by atoms with van der Waals surface area (Å²) in [5, 5.41) is 2.73. The van der Waals surface area contributed by atoms with Crippen LogP contribution in [0.3, 0.4) is 0 Å². The molecule has 3 rings (SSSR count). The molecule has 0 spiro atoms. The molecule has 0 saturated carbocycles. The van der Waals surface area contributed by atoms with Gasteiger partial charge >= 0.3 is 0 Å². The fourth-order valence-corrected chi connectivity index (χ4v) is 1.75. The summed E-state index contributed by atoms with van der Waals surface area (Å²) >= 11 is 0. The lowest BCUT2D eigenvalue weighted by molar-refractivity contribution is -0.110. The highest BCUT2D eigenvalue weighted by Crippen LogP contribution is 2.30. The lowest BCUT2D eigenvalue weighted by Gasteiger charge is -1.95. The van der Waals surface area contributed by atoms with Crippen molar-refractivity contribution in [1.82, 2.24) is 9.97 Å². The molecule has 3 heterocycles. The molecular formula is C12H9N3O. The third-order valence-electron chi connectivity index (χ3n) is 2.50. The van der Waals surface area contributed by atoms with E-state index < -0.39 is 0 Å². The molecule has 0 saturated heterocycles. The van der Waals surface area contributed by atoms with E-state index in [9.17, 15) is 4.79 Å². The summed E-state index contributed by atoms with van der Waals surface area (Å²) in [4.78, 5) is 18.9. The average Bonchev–Trinajstić information content (AvgIpc) is 2.89. The number of carbonyl (C=O) groups excluding carboxylic acids is 1. The van der Waals surface area contributed by atoms with Crippen molar-refractivity contribution in [1.29, 1.82) is 0 Å². The number of carbonyl (C=O) groups is 1. The standard InChI is InChI=1S/C12H9N3O/c16-12-10(7-8-3-1-5-13-8)9-4-2-6-14-11(9)15-12/h1-7,13H,(H,14,15,16)/b10-7+. The number of aromatic nitrogens is 2. The molecule has 0 unspecified atom stereocenters. The third-order valence-corrected chi connectivity index (χ3v) is 2.50. The number of nitrogens with one attached hydrogen (secondary N) is 2. The van der Waals surface area contributed by atoms with Crippen LogP contribution in [0.15, 0.2) is 36.7 Å². The first kappa shape index (κ1) is 8.91. The van der Waals surface area contributed by atoms with Crippen LogP contribution in [0.2, 0.25) is 0 Å². The minimum Gasteiger partial charge on any atom is -0.362 e. The number of rotatable bonds is 1. The molecule has 1 aliphatic heterocycles. The second-order valence-corrected chi connectivity index (χ2v) is 3.54. The van der Waals surface area contributed by atoms with E-state index in [2.05, 4.69) is 15.3 Å². The third kappa shape index (κ3) is 1.32. The number of amides is 1. The Bertz CT molecular complexity index is 570. The Morgan fingerprint density at radius 2 is 2.19 bits per heavy atom. The van der Waals surface area contributed by atoms with Crippen LogP contribution in [0.4, 0.5) is 5.82 Å². The first-order valence-electron chi connectivity index (χ1n) is 4.96. The highest BCUT2D eigenvalue weighted by molar-refractivity contribution is 6.34. The van der Waals surface area contributed by atoms with E-state index in [1.807, 2.05) is 36.5 Å². The zero-order chi connectivity index (χ0) is 11.0. The minimum absolute atomic E-state index is 0.108. The molecular weight excluding hydrogens is 202 g/mol. The molecule has 4 heteroatoms. The Kier molecular flexibility index (Phi) is 1.86. The molecule has 0 aromatic carbocycles. The van der Waals surface area contributed by atoms with Crippen molar-refractivity contribution in [2.75, 3.05) is 5.32 Å². The Morgan fingerprint density at radius 1 is 1.25 bits per heavy atom. The van der Waals surface area contributed by atoms with Gasteiger partial charge in [-0.05, 0) is 30.3 Å². The average molecular weight is 211 g/mol. The molecule has 78 valence electrons. The second-order valence-electron chi connectivity index (χ2n) is 3.54. The van der Waals surface area contributed by atoms with E-state index in [1.165, 1.54) is 0 Å². The van der Waals surface area contributed by atoms with Crippen molar-refractivity contribution in [3.8, 4) is 0 Å². The summed E-state index contributed by atoms with van der Waals surface area (Å²) < 4.78 is 0. The Balaban J connectivity index is 2.12. The number of nitrogens with zero attached hydrogens (tertiary/aromatic N) is 1. The molecule has 2 N–H and O–H groups in total. The lowest BCUT2D eigenvalue weighted by atomic mass is 10.1. The summed E-state index contributed by atoms with van der Waals surface area (Å²) in [6.07, 6.45) is 5.31. The maximum atomic E-state index is 11.7. The number of pyridine rings is 1. The normalized spacial score (nSPS) is 16.2. The highest BCUT2D eigenvalue weighted by Gasteiger charge is 2.24. The predicted octanol–water partition coefficient (Wildman–Crippen LogP) is 1.90. The Hall–Kier alpha value is -2.36. The number of hydrogen-bond donors (Lipinski definition) is 2. The fourth-order valence-electron chi connectivity index (χ4n) is 1.75. The van der Waals surface area contributed by atoms with Crippen molar-refractivity contribution in [2.45, 2.75) is 0 Å². The minimum atomic E-state index is -0.108. The van der Waals surface area contributed by atoms with E-state index in [4.69, 9.17) is 0 Å². The zero-order valence-corrected chi connectivity index (χ0v) is 8.40. The number of hydrogen-bond acceptors (Lipinski definition) is 2. The van der Waals surface area contributed by atoms with Crippen molar-refractivity contribution in [3.05, 3.63) is 47.9 Å². The van der Waals surface area contributed by atoms with Gasteiger partial charge in [0.25, 0.3) is 5.91 Å². The first-order chi connectivity index (χ1) is 7.84. The number of anilines is 1. The lowest BCUT2D eigenvalue weighted by Crippen LogP contribution is -2.04. The van der Waals surface area contributed by atoms with Crippen LogP contribution in [0.1, 0.15) is 11.3 Å². The molecule has 0 atom stereocenters. The van der Waals surface area contributed by atoms with Crippen LogP contribution < -0.4 is 5.32 Å². The summed E-state index contributed by atoms with van der Waals surface area (Å²) in [7, 11) is 0. The molecule has 2 aromatic heterocycles. The summed E-state index contributed by atoms with van der Waals surface area (Å²) in [6.45, 7) is 0. The van der Waals surface area contributed by atoms with Crippen LogP contribution in [-0.4, -0.2) is 15.9 Å². The van der Waals surface area contributed by atoms with Gasteiger partial charge < -0.3 is 10.3 Å². The Morgan fingerprint density at radius 3 is 3.00 bits per heavy atom. The molecule has 1 amide bonds. The van der Waals surface area contributed by atoms with E-state index in [0.717, 1.165) is 11.3 Å². The van der Waals surface area contributed by atoms with Gasteiger partial charge in [0.1, 0.15) is 5.82 Å². The van der Waals surface area contributed by atoms with Crippen molar-refractivity contribution in [3.63, 3.8) is 0 Å². The van der Waals surface area contributed by atoms with Gasteiger partial charge in [0.05, 0.1) is 5.57 Å². The van der Waals surface area contributed by atoms with Crippen LogP contribution in [0.5, 0.6) is 0 Å². The van der Waals surface area contributed by atoms with E-state index in [1.54, 1.807) is 6.20 Å². The maximum Gasteiger partial charge on any atom is 0.257 e. The fraction of sp³-hybridized carbons (Fsp3) is 0. The summed E-state index contributed by atoms with van der Waals surface area (Å²) in [5.74, 6) is 0.522. The van der Waals surface area contributed by atoms with Gasteiger partial charge in [-0.3, -0.25) is 4.79 Å². The van der Waals surface area contributed by atoms with Gasteiger partial charge in [-0.1, -0.05) is 0 Å². The zero-order valence-electron chi connectivity index (χ0n) is 8.40. The molecule has 16 heavy (non-hydrogen) atoms. The van der Waals surface area contributed by atoms with Crippen LogP contribution >= 0.6 is 0 Å². The van der Waals surface area contributed by atoms with Crippen molar-refractivity contribution < 1.29 is 4.79 Å². The van der Waals surface area contributed by atoms with Gasteiger partial charge in [-0.2, -0.15) is 0 Å². The SMILES string of the molecule is O=C1Nc2ncccc2/C1=C\c1ccc[nH]1. The molecule has 1 aliphatic rings. The number of fused-ring (bicyclic) bond motifs is 1. The highest BCUT2D eigenvalue weighted by atomic mass is 16.2. The predicted molar refractivity (Wildman–Crippen MR) is 61.5 cm³/mol.